The molecular weight excluding hydrogens is 296 g/mol. The fraction of sp³-hybridized carbons (Fsp3) is 0.615. The minimum Gasteiger partial charge on any atom is -0.354 e. The Morgan fingerprint density at radius 1 is 1.35 bits per heavy atom. The standard InChI is InChI=1S/C13H20N2O3S2/c1-10(2)14-12(16)9-11-5-6-13(19-11)20(17,18)15-7-3-4-8-15/h5-6,10H,3-4,7-9H2,1-2H3,(H,14,16). The van der Waals surface area contributed by atoms with Gasteiger partial charge in [0.15, 0.2) is 0 Å². The van der Waals surface area contributed by atoms with Gasteiger partial charge in [0.25, 0.3) is 10.0 Å². The largest absolute Gasteiger partial charge is 0.354 e. The van der Waals surface area contributed by atoms with Gasteiger partial charge >= 0.3 is 0 Å². The molecule has 1 aliphatic heterocycles. The molecule has 0 spiro atoms. The summed E-state index contributed by atoms with van der Waals surface area (Å²) in [4.78, 5) is 12.5. The van der Waals surface area contributed by atoms with Gasteiger partial charge in [0.1, 0.15) is 4.21 Å². The van der Waals surface area contributed by atoms with Crippen LogP contribution in [-0.2, 0) is 21.2 Å². The number of rotatable bonds is 5. The van der Waals surface area contributed by atoms with E-state index in [1.165, 1.54) is 15.6 Å². The number of nitrogens with one attached hydrogen (secondary N) is 1. The van der Waals surface area contributed by atoms with Gasteiger partial charge in [-0.1, -0.05) is 0 Å². The molecule has 0 unspecified atom stereocenters. The van der Waals surface area contributed by atoms with E-state index < -0.39 is 10.0 Å². The summed E-state index contributed by atoms with van der Waals surface area (Å²) in [5.74, 6) is -0.0769. The van der Waals surface area contributed by atoms with E-state index in [2.05, 4.69) is 5.32 Å². The third-order valence-corrected chi connectivity index (χ3v) is 6.53. The molecule has 0 saturated carbocycles. The molecule has 1 saturated heterocycles. The summed E-state index contributed by atoms with van der Waals surface area (Å²) >= 11 is 1.19. The molecule has 7 heteroatoms. The summed E-state index contributed by atoms with van der Waals surface area (Å²) < 4.78 is 26.6. The van der Waals surface area contributed by atoms with Gasteiger partial charge < -0.3 is 5.32 Å². The quantitative estimate of drug-likeness (QED) is 0.897. The first-order valence-electron chi connectivity index (χ1n) is 6.78. The van der Waals surface area contributed by atoms with Gasteiger partial charge in [0.05, 0.1) is 6.42 Å². The van der Waals surface area contributed by atoms with Crippen LogP contribution in [0.2, 0.25) is 0 Å². The summed E-state index contributed by atoms with van der Waals surface area (Å²) in [5.41, 5.74) is 0. The fourth-order valence-corrected chi connectivity index (χ4v) is 5.20. The molecule has 20 heavy (non-hydrogen) atoms. The van der Waals surface area contributed by atoms with E-state index in [0.29, 0.717) is 17.3 Å². The van der Waals surface area contributed by atoms with Crippen molar-refractivity contribution < 1.29 is 13.2 Å². The molecule has 1 aromatic heterocycles. The Labute approximate surface area is 124 Å². The monoisotopic (exact) mass is 316 g/mol. The SMILES string of the molecule is CC(C)NC(=O)Cc1ccc(S(=O)(=O)N2CCCC2)s1. The molecule has 1 amide bonds. The highest BCUT2D eigenvalue weighted by Crippen LogP contribution is 2.27. The van der Waals surface area contributed by atoms with Crippen molar-refractivity contribution in [3.05, 3.63) is 17.0 Å². The van der Waals surface area contributed by atoms with Gasteiger partial charge in [-0.25, -0.2) is 8.42 Å². The number of hydrogen-bond acceptors (Lipinski definition) is 4. The topological polar surface area (TPSA) is 66.5 Å². The Balaban J connectivity index is 2.07. The van der Waals surface area contributed by atoms with Crippen molar-refractivity contribution in [2.24, 2.45) is 0 Å². The van der Waals surface area contributed by atoms with E-state index in [1.807, 2.05) is 13.8 Å². The van der Waals surface area contributed by atoms with Crippen LogP contribution < -0.4 is 5.32 Å². The van der Waals surface area contributed by atoms with Crippen molar-refractivity contribution in [2.45, 2.75) is 43.4 Å². The maximum atomic E-state index is 12.3. The Morgan fingerprint density at radius 3 is 2.60 bits per heavy atom. The van der Waals surface area contributed by atoms with E-state index in [4.69, 9.17) is 0 Å². The maximum Gasteiger partial charge on any atom is 0.252 e. The Hall–Kier alpha value is -0.920. The van der Waals surface area contributed by atoms with Gasteiger partial charge in [0, 0.05) is 24.0 Å². The molecule has 0 radical (unpaired) electrons. The van der Waals surface area contributed by atoms with Crippen LogP contribution in [0.1, 0.15) is 31.6 Å². The second-order valence-corrected chi connectivity index (χ2v) is 8.56. The predicted molar refractivity (Wildman–Crippen MR) is 79.3 cm³/mol. The molecule has 2 rings (SSSR count). The van der Waals surface area contributed by atoms with Gasteiger partial charge in [-0.3, -0.25) is 4.79 Å². The number of carbonyl (C=O) groups is 1. The molecule has 0 aliphatic carbocycles. The molecule has 1 aliphatic rings. The first-order valence-corrected chi connectivity index (χ1v) is 9.03. The van der Waals surface area contributed by atoms with Crippen LogP contribution in [-0.4, -0.2) is 37.8 Å². The first kappa shape index (κ1) is 15.5. The van der Waals surface area contributed by atoms with Gasteiger partial charge in [-0.05, 0) is 38.8 Å². The van der Waals surface area contributed by atoms with Crippen molar-refractivity contribution in [1.29, 1.82) is 0 Å². The van der Waals surface area contributed by atoms with Crippen LogP contribution in [0.5, 0.6) is 0 Å². The normalized spacial score (nSPS) is 16.8. The van der Waals surface area contributed by atoms with Crippen LogP contribution in [0.4, 0.5) is 0 Å². The van der Waals surface area contributed by atoms with Crippen LogP contribution in [0.3, 0.4) is 0 Å². The van der Waals surface area contributed by atoms with Crippen LogP contribution >= 0.6 is 11.3 Å². The molecule has 1 fully saturated rings. The van der Waals surface area contributed by atoms with Crippen molar-refractivity contribution in [3.63, 3.8) is 0 Å². The van der Waals surface area contributed by atoms with Gasteiger partial charge in [0.2, 0.25) is 5.91 Å². The molecule has 112 valence electrons. The lowest BCUT2D eigenvalue weighted by Gasteiger charge is -2.13. The van der Waals surface area contributed by atoms with E-state index in [9.17, 15) is 13.2 Å². The Bertz CT molecular complexity index is 572. The highest BCUT2D eigenvalue weighted by molar-refractivity contribution is 7.91. The number of sulfonamides is 1. The minimum atomic E-state index is -3.36. The zero-order valence-electron chi connectivity index (χ0n) is 11.8. The molecule has 5 nitrogen and oxygen atoms in total. The lowest BCUT2D eigenvalue weighted by atomic mass is 10.3. The third kappa shape index (κ3) is 3.59. The molecule has 0 bridgehead atoms. The van der Waals surface area contributed by atoms with Crippen LogP contribution in [0.15, 0.2) is 16.3 Å². The average Bonchev–Trinajstić information content (AvgIpc) is 2.97. The number of amides is 1. The summed E-state index contributed by atoms with van der Waals surface area (Å²) in [6, 6.07) is 3.43. The zero-order chi connectivity index (χ0) is 14.8. The summed E-state index contributed by atoms with van der Waals surface area (Å²) in [6.45, 7) is 5.00. The summed E-state index contributed by atoms with van der Waals surface area (Å²) in [6.07, 6.45) is 2.08. The maximum absolute atomic E-state index is 12.3. The number of nitrogens with zero attached hydrogens (tertiary/aromatic N) is 1. The highest BCUT2D eigenvalue weighted by atomic mass is 32.2. The minimum absolute atomic E-state index is 0.0769. The number of carbonyl (C=O) groups excluding carboxylic acids is 1. The summed E-state index contributed by atoms with van der Waals surface area (Å²) in [5, 5.41) is 2.80. The second kappa shape index (κ2) is 6.24. The Morgan fingerprint density at radius 2 is 2.00 bits per heavy atom. The molecule has 0 aromatic carbocycles. The number of hydrogen-bond donors (Lipinski definition) is 1. The average molecular weight is 316 g/mol. The molecule has 1 aromatic rings. The molecular formula is C13H20N2O3S2. The fourth-order valence-electron chi connectivity index (χ4n) is 2.18. The van der Waals surface area contributed by atoms with Crippen LogP contribution in [0, 0.1) is 0 Å². The predicted octanol–water partition coefficient (Wildman–Crippen LogP) is 1.60. The number of thiophene rings is 1. The van der Waals surface area contributed by atoms with Gasteiger partial charge in [-0.2, -0.15) is 4.31 Å². The highest BCUT2D eigenvalue weighted by Gasteiger charge is 2.28. The lowest BCUT2D eigenvalue weighted by molar-refractivity contribution is -0.120. The van der Waals surface area contributed by atoms with Crippen molar-refractivity contribution in [3.8, 4) is 0 Å². The molecule has 1 N–H and O–H groups in total. The van der Waals surface area contributed by atoms with E-state index in [-0.39, 0.29) is 18.4 Å². The van der Waals surface area contributed by atoms with Crippen LogP contribution in [0.25, 0.3) is 0 Å². The lowest BCUT2D eigenvalue weighted by Crippen LogP contribution is -2.31. The third-order valence-electron chi connectivity index (χ3n) is 3.08. The van der Waals surface area contributed by atoms with E-state index in [0.717, 1.165) is 17.7 Å². The molecule has 2 heterocycles. The first-order chi connectivity index (χ1) is 9.39. The zero-order valence-corrected chi connectivity index (χ0v) is 13.4. The van der Waals surface area contributed by atoms with E-state index >= 15 is 0 Å². The second-order valence-electron chi connectivity index (χ2n) is 5.23. The smallest absolute Gasteiger partial charge is 0.252 e. The van der Waals surface area contributed by atoms with Crippen molar-refractivity contribution >= 4 is 27.3 Å². The summed E-state index contributed by atoms with van der Waals surface area (Å²) in [7, 11) is -3.36. The molecule has 0 atom stereocenters. The van der Waals surface area contributed by atoms with Crippen molar-refractivity contribution in [2.75, 3.05) is 13.1 Å². The van der Waals surface area contributed by atoms with E-state index in [1.54, 1.807) is 12.1 Å². The van der Waals surface area contributed by atoms with Gasteiger partial charge in [-0.15, -0.1) is 11.3 Å². The Kier molecular flexibility index (Phi) is 4.82. The van der Waals surface area contributed by atoms with Crippen molar-refractivity contribution in [1.82, 2.24) is 9.62 Å².